The van der Waals surface area contributed by atoms with Crippen LogP contribution in [0.2, 0.25) is 6.32 Å². The molecule has 6 heteroatoms. The van der Waals surface area contributed by atoms with E-state index in [2.05, 4.69) is 9.50 Å². The standard InChI is InChI=1S/C2H4BN2O2S/c3-1-2(6)5-8(4)7/h1H2,(H2,4,5,6,7)/q-1. The number of rotatable bonds is 1. The molecule has 0 unspecified atom stereocenters. The molecule has 0 aliphatic heterocycles. The van der Waals surface area contributed by atoms with E-state index in [4.69, 9.17) is 7.85 Å². The largest absolute Gasteiger partial charge is 0.430 e. The minimum absolute atomic E-state index is 0.247. The highest BCUT2D eigenvalue weighted by molar-refractivity contribution is 7.72. The van der Waals surface area contributed by atoms with Crippen LogP contribution in [0.5, 0.6) is 0 Å². The summed E-state index contributed by atoms with van der Waals surface area (Å²) in [6.45, 7) is 0. The molecule has 0 fully saturated rings. The van der Waals surface area contributed by atoms with E-state index in [-0.39, 0.29) is 6.32 Å². The highest BCUT2D eigenvalue weighted by Crippen LogP contribution is 1.77. The molecule has 2 radical (unpaired) electrons. The van der Waals surface area contributed by atoms with E-state index >= 15 is 0 Å². The van der Waals surface area contributed by atoms with Crippen molar-refractivity contribution < 1.29 is 9.00 Å². The Morgan fingerprint density at radius 2 is 2.38 bits per heavy atom. The van der Waals surface area contributed by atoms with Crippen molar-refractivity contribution in [2.24, 2.45) is 9.50 Å². The minimum atomic E-state index is -1.90. The lowest BCUT2D eigenvalue weighted by Crippen LogP contribution is -1.96. The van der Waals surface area contributed by atoms with Crippen molar-refractivity contribution >= 4 is 24.5 Å². The Hall–Kier alpha value is -0.355. The molecule has 44 valence electrons. The fourth-order valence-electron chi connectivity index (χ4n) is 0.138. The van der Waals surface area contributed by atoms with E-state index in [0.717, 1.165) is 0 Å². The van der Waals surface area contributed by atoms with Crippen LogP contribution in [0.3, 0.4) is 0 Å². The lowest BCUT2D eigenvalue weighted by atomic mass is 10.1. The monoisotopic (exact) mass is 131 g/mol. The summed E-state index contributed by atoms with van der Waals surface area (Å²) >= 11 is 0. The summed E-state index contributed by atoms with van der Waals surface area (Å²) in [7, 11) is 2.89. The van der Waals surface area contributed by atoms with E-state index in [1.165, 1.54) is 0 Å². The SMILES string of the molecule is [B]CC(=O)N=[S-](N)=O. The molecule has 0 aromatic rings. The lowest BCUT2D eigenvalue weighted by Gasteiger charge is -1.89. The van der Waals surface area contributed by atoms with Gasteiger partial charge in [-0.3, -0.25) is 4.79 Å². The van der Waals surface area contributed by atoms with Gasteiger partial charge in [0.2, 0.25) is 5.91 Å². The third-order valence-corrected chi connectivity index (χ3v) is 0.750. The summed E-state index contributed by atoms with van der Waals surface area (Å²) in [4.78, 5) is 10.1. The number of hydrogen-bond donors (Lipinski definition) is 1. The third kappa shape index (κ3) is 3.82. The fourth-order valence-corrected chi connectivity index (χ4v) is 0.413. The van der Waals surface area contributed by atoms with Crippen LogP contribution in [0.25, 0.3) is 0 Å². The van der Waals surface area contributed by atoms with Crippen molar-refractivity contribution in [3.63, 3.8) is 0 Å². The van der Waals surface area contributed by atoms with Gasteiger partial charge in [-0.05, 0) is 6.32 Å². The Balaban J connectivity index is 3.90. The van der Waals surface area contributed by atoms with Crippen LogP contribution < -0.4 is 5.14 Å². The highest BCUT2D eigenvalue weighted by atomic mass is 32.2. The molecule has 0 aromatic carbocycles. The molecule has 0 heterocycles. The second-order valence-electron chi connectivity index (χ2n) is 0.965. The maximum absolute atomic E-state index is 10.1. The van der Waals surface area contributed by atoms with Gasteiger partial charge in [-0.2, -0.15) is 0 Å². The van der Waals surface area contributed by atoms with Gasteiger partial charge in [0, 0.05) is 0 Å². The molecule has 8 heavy (non-hydrogen) atoms. The third-order valence-electron chi connectivity index (χ3n) is 0.366. The first kappa shape index (κ1) is 7.64. The molecular weight excluding hydrogens is 127 g/mol. The van der Waals surface area contributed by atoms with Crippen molar-refractivity contribution in [1.82, 2.24) is 0 Å². The van der Waals surface area contributed by atoms with Crippen LogP contribution in [0.1, 0.15) is 0 Å². The molecule has 0 aliphatic carbocycles. The summed E-state index contributed by atoms with van der Waals surface area (Å²) in [6, 6.07) is 0. The van der Waals surface area contributed by atoms with Crippen LogP contribution in [-0.2, 0) is 19.8 Å². The van der Waals surface area contributed by atoms with E-state index in [1.54, 1.807) is 0 Å². The normalized spacial score (nSPS) is 13.6. The van der Waals surface area contributed by atoms with Gasteiger partial charge in [-0.1, -0.05) is 0 Å². The Bertz CT molecular complexity index is 161. The predicted octanol–water partition coefficient (Wildman–Crippen LogP) is -0.879. The Kier molecular flexibility index (Phi) is 3.46. The number of amides is 1. The second kappa shape index (κ2) is 3.62. The number of carbonyl (C=O) groups excluding carboxylic acids is 1. The molecule has 0 saturated heterocycles. The Labute approximate surface area is 50.2 Å². The molecule has 0 aliphatic rings. The first-order valence-corrected chi connectivity index (χ1v) is 2.94. The van der Waals surface area contributed by atoms with Crippen LogP contribution >= 0.6 is 0 Å². The Morgan fingerprint density at radius 1 is 1.88 bits per heavy atom. The topological polar surface area (TPSA) is 72.5 Å². The van der Waals surface area contributed by atoms with Gasteiger partial charge in [0.15, 0.2) is 0 Å². The van der Waals surface area contributed by atoms with Gasteiger partial charge >= 0.3 is 0 Å². The molecule has 0 atom stereocenters. The molecule has 0 spiro atoms. The van der Waals surface area contributed by atoms with Crippen molar-refractivity contribution in [3.8, 4) is 0 Å². The van der Waals surface area contributed by atoms with Crippen LogP contribution in [0, 0.1) is 0 Å². The van der Waals surface area contributed by atoms with Gasteiger partial charge in [0.05, 0.1) is 7.85 Å². The van der Waals surface area contributed by atoms with Gasteiger partial charge in [-0.25, -0.2) is 0 Å². The predicted molar refractivity (Wildman–Crippen MR) is 30.2 cm³/mol. The van der Waals surface area contributed by atoms with Crippen molar-refractivity contribution in [2.45, 2.75) is 6.32 Å². The van der Waals surface area contributed by atoms with Crippen molar-refractivity contribution in [1.29, 1.82) is 0 Å². The first-order valence-electron chi connectivity index (χ1n) is 1.77. The maximum Gasteiger partial charge on any atom is 0.214 e. The molecule has 0 aromatic heterocycles. The summed E-state index contributed by atoms with van der Waals surface area (Å²) in [5.74, 6) is -0.647. The molecule has 0 rings (SSSR count). The molecule has 0 saturated carbocycles. The molecule has 4 nitrogen and oxygen atoms in total. The first-order chi connectivity index (χ1) is 3.66. The average Bonchev–Trinajstić information content (AvgIpc) is 1.65. The summed E-state index contributed by atoms with van der Waals surface area (Å²) in [6.07, 6.45) is -0.247. The zero-order valence-corrected chi connectivity index (χ0v) is 4.85. The summed E-state index contributed by atoms with van der Waals surface area (Å²) in [5.41, 5.74) is 0. The molecule has 0 bridgehead atoms. The Morgan fingerprint density at radius 3 is 2.50 bits per heavy atom. The quantitative estimate of drug-likeness (QED) is 0.370. The average molecular weight is 131 g/mol. The van der Waals surface area contributed by atoms with Crippen LogP contribution in [0.15, 0.2) is 4.36 Å². The van der Waals surface area contributed by atoms with Crippen LogP contribution in [-0.4, -0.2) is 13.8 Å². The second-order valence-corrected chi connectivity index (χ2v) is 1.70. The maximum atomic E-state index is 10.1. The summed E-state index contributed by atoms with van der Waals surface area (Å²) in [5, 5.41) is 4.60. The molecule has 2 N–H and O–H groups in total. The van der Waals surface area contributed by atoms with Gasteiger partial charge in [0.1, 0.15) is 0 Å². The lowest BCUT2D eigenvalue weighted by molar-refractivity contribution is -0.115. The van der Waals surface area contributed by atoms with E-state index in [9.17, 15) is 9.00 Å². The zero-order valence-electron chi connectivity index (χ0n) is 4.03. The number of nitrogens with two attached hydrogens (primary N) is 1. The minimum Gasteiger partial charge on any atom is -0.430 e. The number of hydrogen-bond acceptors (Lipinski definition) is 3. The van der Waals surface area contributed by atoms with E-state index in [1.807, 2.05) is 0 Å². The van der Waals surface area contributed by atoms with Gasteiger partial charge < -0.3 is 13.7 Å². The zero-order chi connectivity index (χ0) is 6.57. The van der Waals surface area contributed by atoms with Crippen molar-refractivity contribution in [2.75, 3.05) is 0 Å². The van der Waals surface area contributed by atoms with Crippen LogP contribution in [0.4, 0.5) is 0 Å². The smallest absolute Gasteiger partial charge is 0.214 e. The number of nitrogens with zero attached hydrogens (tertiary/aromatic N) is 1. The molecule has 1 amide bonds. The highest BCUT2D eigenvalue weighted by Gasteiger charge is 1.82. The molecular formula is C2H4BN2O2S-. The van der Waals surface area contributed by atoms with E-state index in [0.29, 0.717) is 0 Å². The number of carbonyl (C=O) groups is 1. The fraction of sp³-hybridized carbons (Fsp3) is 0.500. The van der Waals surface area contributed by atoms with Crippen molar-refractivity contribution in [3.05, 3.63) is 0 Å². The summed E-state index contributed by atoms with van der Waals surface area (Å²) < 4.78 is 12.7. The van der Waals surface area contributed by atoms with Gasteiger partial charge in [0.25, 0.3) is 0 Å². The van der Waals surface area contributed by atoms with Gasteiger partial charge in [-0.15, -0.1) is 10.8 Å². The van der Waals surface area contributed by atoms with E-state index < -0.39 is 16.7 Å².